The third-order valence-electron chi connectivity index (χ3n) is 4.00. The van der Waals surface area contributed by atoms with E-state index in [1.54, 1.807) is 0 Å². The zero-order chi connectivity index (χ0) is 12.1. The summed E-state index contributed by atoms with van der Waals surface area (Å²) in [6.45, 7) is 1.76. The minimum absolute atomic E-state index is 0.106. The Labute approximate surface area is 103 Å². The van der Waals surface area contributed by atoms with Gasteiger partial charge in [-0.15, -0.1) is 0 Å². The zero-order valence-corrected chi connectivity index (χ0v) is 10.4. The Morgan fingerprint density at radius 3 is 2.41 bits per heavy atom. The molecule has 1 atom stereocenters. The van der Waals surface area contributed by atoms with Gasteiger partial charge in [0.1, 0.15) is 0 Å². The third kappa shape index (κ3) is 3.96. The molecule has 4 heteroatoms. The molecular formula is C13H23NO3. The van der Waals surface area contributed by atoms with Crippen molar-refractivity contribution >= 4 is 5.97 Å². The second-order valence-corrected chi connectivity index (χ2v) is 5.29. The quantitative estimate of drug-likeness (QED) is 0.791. The van der Waals surface area contributed by atoms with Gasteiger partial charge in [0.2, 0.25) is 0 Å². The molecule has 1 saturated carbocycles. The number of rotatable bonds is 3. The maximum atomic E-state index is 10.9. The van der Waals surface area contributed by atoms with E-state index in [0.717, 1.165) is 51.7 Å². The lowest BCUT2D eigenvalue weighted by Crippen LogP contribution is -2.41. The molecule has 2 N–H and O–H groups in total. The Kier molecular flexibility index (Phi) is 4.80. The van der Waals surface area contributed by atoms with Crippen molar-refractivity contribution in [1.29, 1.82) is 0 Å². The third-order valence-corrected chi connectivity index (χ3v) is 4.00. The fourth-order valence-electron chi connectivity index (χ4n) is 2.91. The highest BCUT2D eigenvalue weighted by Crippen LogP contribution is 2.25. The molecular weight excluding hydrogens is 218 g/mol. The molecule has 1 aliphatic carbocycles. The second-order valence-electron chi connectivity index (χ2n) is 5.29. The van der Waals surface area contributed by atoms with Crippen LogP contribution in [0.3, 0.4) is 0 Å². The number of hydrogen-bond donors (Lipinski definition) is 2. The first-order valence-corrected chi connectivity index (χ1v) is 6.82. The first-order chi connectivity index (χ1) is 8.25. The Morgan fingerprint density at radius 1 is 1.00 bits per heavy atom. The van der Waals surface area contributed by atoms with Crippen molar-refractivity contribution in [2.45, 2.75) is 57.0 Å². The lowest BCUT2D eigenvalue weighted by atomic mass is 9.85. The smallest absolute Gasteiger partial charge is 0.306 e. The van der Waals surface area contributed by atoms with E-state index in [2.05, 4.69) is 5.32 Å². The summed E-state index contributed by atoms with van der Waals surface area (Å²) in [5, 5.41) is 12.6. The fourth-order valence-corrected chi connectivity index (χ4v) is 2.91. The number of nitrogens with one attached hydrogen (secondary N) is 1. The highest BCUT2D eigenvalue weighted by atomic mass is 16.5. The van der Waals surface area contributed by atoms with Crippen LogP contribution in [-0.4, -0.2) is 36.4 Å². The summed E-state index contributed by atoms with van der Waals surface area (Å²) in [7, 11) is 0. The van der Waals surface area contributed by atoms with E-state index in [9.17, 15) is 4.79 Å². The molecule has 0 amide bonds. The zero-order valence-electron chi connectivity index (χ0n) is 10.4. The molecule has 0 radical (unpaired) electrons. The van der Waals surface area contributed by atoms with Gasteiger partial charge in [0.25, 0.3) is 0 Å². The van der Waals surface area contributed by atoms with Crippen LogP contribution in [0.4, 0.5) is 0 Å². The van der Waals surface area contributed by atoms with Crippen LogP contribution in [-0.2, 0) is 9.53 Å². The largest absolute Gasteiger partial charge is 0.481 e. The number of aliphatic carboxylic acids is 1. The van der Waals surface area contributed by atoms with E-state index in [1.165, 1.54) is 6.42 Å². The van der Waals surface area contributed by atoms with Crippen LogP contribution >= 0.6 is 0 Å². The first-order valence-electron chi connectivity index (χ1n) is 6.82. The van der Waals surface area contributed by atoms with Gasteiger partial charge in [-0.2, -0.15) is 0 Å². The van der Waals surface area contributed by atoms with Crippen molar-refractivity contribution in [3.8, 4) is 0 Å². The van der Waals surface area contributed by atoms with Crippen molar-refractivity contribution in [2.75, 3.05) is 13.2 Å². The average molecular weight is 241 g/mol. The second kappa shape index (κ2) is 6.36. The topological polar surface area (TPSA) is 58.6 Å². The van der Waals surface area contributed by atoms with Gasteiger partial charge < -0.3 is 15.2 Å². The molecule has 0 aromatic heterocycles. The van der Waals surface area contributed by atoms with Crippen molar-refractivity contribution in [3.63, 3.8) is 0 Å². The number of carboxylic acids is 1. The van der Waals surface area contributed by atoms with Gasteiger partial charge in [-0.1, -0.05) is 0 Å². The van der Waals surface area contributed by atoms with Gasteiger partial charge in [-0.25, -0.2) is 0 Å². The Balaban J connectivity index is 1.71. The molecule has 1 heterocycles. The van der Waals surface area contributed by atoms with E-state index >= 15 is 0 Å². The molecule has 2 aliphatic rings. The van der Waals surface area contributed by atoms with Crippen LogP contribution < -0.4 is 5.32 Å². The summed E-state index contributed by atoms with van der Waals surface area (Å²) in [6, 6.07) is 1.09. The van der Waals surface area contributed by atoms with E-state index < -0.39 is 5.97 Å². The normalized spacial score (nSPS) is 35.2. The molecule has 98 valence electrons. The standard InChI is InChI=1S/C13H23NO3/c15-13(16)10-3-5-12(6-4-10)14-11-2-1-8-17-9-7-11/h10-12,14H,1-9H2,(H,15,16). The van der Waals surface area contributed by atoms with Crippen LogP contribution in [0.1, 0.15) is 44.9 Å². The van der Waals surface area contributed by atoms with Crippen molar-refractivity contribution in [1.82, 2.24) is 5.32 Å². The Bertz CT molecular complexity index is 241. The number of hydrogen-bond acceptors (Lipinski definition) is 3. The minimum Gasteiger partial charge on any atom is -0.481 e. The minimum atomic E-state index is -0.619. The first kappa shape index (κ1) is 12.8. The van der Waals surface area contributed by atoms with Gasteiger partial charge in [-0.05, 0) is 44.9 Å². The summed E-state index contributed by atoms with van der Waals surface area (Å²) in [6.07, 6.45) is 7.11. The van der Waals surface area contributed by atoms with Gasteiger partial charge >= 0.3 is 5.97 Å². The maximum absolute atomic E-state index is 10.9. The molecule has 1 saturated heterocycles. The van der Waals surface area contributed by atoms with E-state index in [1.807, 2.05) is 0 Å². The van der Waals surface area contributed by atoms with Crippen LogP contribution in [0.2, 0.25) is 0 Å². The molecule has 1 aliphatic heterocycles. The Hall–Kier alpha value is -0.610. The summed E-state index contributed by atoms with van der Waals surface area (Å²) in [5.74, 6) is -0.725. The van der Waals surface area contributed by atoms with Crippen molar-refractivity contribution in [3.05, 3.63) is 0 Å². The maximum Gasteiger partial charge on any atom is 0.306 e. The van der Waals surface area contributed by atoms with Gasteiger partial charge in [0.15, 0.2) is 0 Å². The summed E-state index contributed by atoms with van der Waals surface area (Å²) >= 11 is 0. The highest BCUT2D eigenvalue weighted by Gasteiger charge is 2.27. The molecule has 0 bridgehead atoms. The van der Waals surface area contributed by atoms with E-state index in [0.29, 0.717) is 12.1 Å². The number of carbonyl (C=O) groups is 1. The fraction of sp³-hybridized carbons (Fsp3) is 0.923. The Morgan fingerprint density at radius 2 is 1.71 bits per heavy atom. The van der Waals surface area contributed by atoms with Crippen LogP contribution in [0.15, 0.2) is 0 Å². The van der Waals surface area contributed by atoms with Gasteiger partial charge in [0, 0.05) is 25.3 Å². The molecule has 2 rings (SSSR count). The molecule has 17 heavy (non-hydrogen) atoms. The van der Waals surface area contributed by atoms with Crippen molar-refractivity contribution in [2.24, 2.45) is 5.92 Å². The summed E-state index contributed by atoms with van der Waals surface area (Å²) in [4.78, 5) is 10.9. The molecule has 0 spiro atoms. The predicted octanol–water partition coefficient (Wildman–Crippen LogP) is 1.79. The van der Waals surface area contributed by atoms with Gasteiger partial charge in [0.05, 0.1) is 5.92 Å². The number of ether oxygens (including phenoxy) is 1. The molecule has 0 aromatic rings. The monoisotopic (exact) mass is 241 g/mol. The highest BCUT2D eigenvalue weighted by molar-refractivity contribution is 5.70. The van der Waals surface area contributed by atoms with Crippen LogP contribution in [0.25, 0.3) is 0 Å². The molecule has 2 fully saturated rings. The lowest BCUT2D eigenvalue weighted by molar-refractivity contribution is -0.142. The van der Waals surface area contributed by atoms with Crippen molar-refractivity contribution < 1.29 is 14.6 Å². The SMILES string of the molecule is O=C(O)C1CCC(NC2CCCOCC2)CC1. The predicted molar refractivity (Wildman–Crippen MR) is 65.0 cm³/mol. The summed E-state index contributed by atoms with van der Waals surface area (Å²) in [5.41, 5.74) is 0. The van der Waals surface area contributed by atoms with E-state index in [-0.39, 0.29) is 5.92 Å². The van der Waals surface area contributed by atoms with Gasteiger partial charge in [-0.3, -0.25) is 4.79 Å². The average Bonchev–Trinajstić information content (AvgIpc) is 2.58. The van der Waals surface area contributed by atoms with Crippen LogP contribution in [0.5, 0.6) is 0 Å². The number of carboxylic acid groups (broad SMARTS) is 1. The molecule has 1 unspecified atom stereocenters. The molecule has 4 nitrogen and oxygen atoms in total. The molecule has 0 aromatic carbocycles. The lowest BCUT2D eigenvalue weighted by Gasteiger charge is -2.30. The van der Waals surface area contributed by atoms with E-state index in [4.69, 9.17) is 9.84 Å². The summed E-state index contributed by atoms with van der Waals surface area (Å²) < 4.78 is 5.44. The van der Waals surface area contributed by atoms with Crippen LogP contribution in [0, 0.1) is 5.92 Å².